The number of carbonyl (C=O) groups is 2. The van der Waals surface area contributed by atoms with E-state index in [1.54, 1.807) is 6.92 Å². The number of likely N-dealkylation sites (N-methyl/N-ethyl adjacent to an activating group) is 1. The minimum Gasteiger partial charge on any atom is -0.462 e. The molecule has 2 aliphatic heterocycles. The largest absolute Gasteiger partial charge is 0.462 e. The molecule has 2 aliphatic rings. The van der Waals surface area contributed by atoms with Crippen LogP contribution < -0.4 is 0 Å². The molecule has 0 saturated carbocycles. The number of rotatable bonds is 6. The second-order valence-electron chi connectivity index (χ2n) is 8.47. The van der Waals surface area contributed by atoms with Crippen molar-refractivity contribution in [3.63, 3.8) is 0 Å². The quantitative estimate of drug-likeness (QED) is 0.613. The van der Waals surface area contributed by atoms with Gasteiger partial charge in [-0.25, -0.2) is 13.2 Å². The number of carbonyl (C=O) groups excluding carboxylic acids is 2. The van der Waals surface area contributed by atoms with E-state index >= 15 is 0 Å². The summed E-state index contributed by atoms with van der Waals surface area (Å²) in [6.45, 7) is 4.16. The van der Waals surface area contributed by atoms with Crippen molar-refractivity contribution in [2.75, 3.05) is 46.9 Å². The monoisotopic (exact) mass is 451 g/mol. The molecule has 1 atom stereocenters. The number of ether oxygens (including phenoxy) is 1. The molecule has 0 bridgehead atoms. The number of hydrogen-bond donors (Lipinski definition) is 0. The number of esters is 1. The molecule has 2 saturated heterocycles. The summed E-state index contributed by atoms with van der Waals surface area (Å²) < 4.78 is 32.4. The van der Waals surface area contributed by atoms with E-state index in [0.29, 0.717) is 37.5 Å². The number of benzene rings is 1. The number of nitrogens with zero attached hydrogens (tertiary/aromatic N) is 3. The molecule has 1 aromatic rings. The zero-order valence-corrected chi connectivity index (χ0v) is 19.4. The molecule has 3 rings (SSSR count). The van der Waals surface area contributed by atoms with Crippen molar-refractivity contribution in [2.45, 2.75) is 43.5 Å². The topological polar surface area (TPSA) is 87.2 Å². The zero-order valence-electron chi connectivity index (χ0n) is 18.6. The number of sulfonamides is 1. The Balaban J connectivity index is 1.59. The highest BCUT2D eigenvalue weighted by molar-refractivity contribution is 7.89. The summed E-state index contributed by atoms with van der Waals surface area (Å²) >= 11 is 0. The van der Waals surface area contributed by atoms with Crippen LogP contribution in [0.3, 0.4) is 0 Å². The summed E-state index contributed by atoms with van der Waals surface area (Å²) in [6.07, 6.45) is 3.16. The fraction of sp³-hybridized carbons (Fsp3) is 0.636. The Bertz CT molecular complexity index is 877. The van der Waals surface area contributed by atoms with Crippen LogP contribution in [-0.2, 0) is 19.6 Å². The van der Waals surface area contributed by atoms with Crippen molar-refractivity contribution in [2.24, 2.45) is 5.92 Å². The highest BCUT2D eigenvalue weighted by atomic mass is 32.2. The summed E-state index contributed by atoms with van der Waals surface area (Å²) in [5.74, 6) is -0.444. The second-order valence-corrected chi connectivity index (χ2v) is 10.4. The number of amides is 1. The Kier molecular flexibility index (Phi) is 7.72. The summed E-state index contributed by atoms with van der Waals surface area (Å²) in [5, 5.41) is 0. The van der Waals surface area contributed by atoms with Crippen LogP contribution in [0.15, 0.2) is 29.2 Å². The van der Waals surface area contributed by atoms with E-state index in [-0.39, 0.29) is 23.3 Å². The standard InChI is InChI=1S/C22H33N3O5S/c1-4-30-22(27)18-7-9-20(10-8-18)31(28,29)25-14-11-17(12-15-25)21(26)24-13-5-6-19(16-24)23(2)3/h7-10,17,19H,4-6,11-16H2,1-3H3. The number of likely N-dealkylation sites (tertiary alicyclic amines) is 1. The maximum Gasteiger partial charge on any atom is 0.338 e. The van der Waals surface area contributed by atoms with Gasteiger partial charge in [-0.2, -0.15) is 4.31 Å². The molecule has 0 radical (unpaired) electrons. The van der Waals surface area contributed by atoms with Crippen LogP contribution in [0.25, 0.3) is 0 Å². The van der Waals surface area contributed by atoms with Gasteiger partial charge in [0.1, 0.15) is 0 Å². The zero-order chi connectivity index (χ0) is 22.6. The first-order valence-electron chi connectivity index (χ1n) is 11.0. The molecule has 8 nitrogen and oxygen atoms in total. The first-order chi connectivity index (χ1) is 14.7. The predicted octanol–water partition coefficient (Wildman–Crippen LogP) is 1.82. The summed E-state index contributed by atoms with van der Waals surface area (Å²) in [7, 11) is 0.425. The molecular weight excluding hydrogens is 418 g/mol. The average molecular weight is 452 g/mol. The molecule has 0 aromatic heterocycles. The Morgan fingerprint density at radius 2 is 1.71 bits per heavy atom. The van der Waals surface area contributed by atoms with Gasteiger partial charge in [0.15, 0.2) is 0 Å². The van der Waals surface area contributed by atoms with E-state index in [1.165, 1.54) is 28.6 Å². The lowest BCUT2D eigenvalue weighted by atomic mass is 9.94. The van der Waals surface area contributed by atoms with Gasteiger partial charge in [-0.1, -0.05) is 0 Å². The van der Waals surface area contributed by atoms with E-state index in [4.69, 9.17) is 4.74 Å². The third-order valence-electron chi connectivity index (χ3n) is 6.24. The molecule has 9 heteroatoms. The molecule has 31 heavy (non-hydrogen) atoms. The van der Waals surface area contributed by atoms with Gasteiger partial charge in [-0.15, -0.1) is 0 Å². The highest BCUT2D eigenvalue weighted by Gasteiger charge is 2.35. The minimum absolute atomic E-state index is 0.126. The molecule has 0 aliphatic carbocycles. The van der Waals surface area contributed by atoms with Crippen molar-refractivity contribution in [3.8, 4) is 0 Å². The normalized spacial score (nSPS) is 21.3. The third kappa shape index (κ3) is 5.45. The fourth-order valence-electron chi connectivity index (χ4n) is 4.30. The van der Waals surface area contributed by atoms with Crippen LogP contribution in [0, 0.1) is 5.92 Å². The van der Waals surface area contributed by atoms with Gasteiger partial charge < -0.3 is 14.5 Å². The second kappa shape index (κ2) is 10.1. The lowest BCUT2D eigenvalue weighted by Crippen LogP contribution is -2.51. The highest BCUT2D eigenvalue weighted by Crippen LogP contribution is 2.27. The van der Waals surface area contributed by atoms with Crippen molar-refractivity contribution in [1.29, 1.82) is 0 Å². The lowest BCUT2D eigenvalue weighted by molar-refractivity contribution is -0.138. The molecule has 2 heterocycles. The van der Waals surface area contributed by atoms with Gasteiger partial charge in [0.05, 0.1) is 17.1 Å². The van der Waals surface area contributed by atoms with Gasteiger partial charge >= 0.3 is 5.97 Å². The fourth-order valence-corrected chi connectivity index (χ4v) is 5.77. The van der Waals surface area contributed by atoms with Crippen LogP contribution >= 0.6 is 0 Å². The lowest BCUT2D eigenvalue weighted by Gasteiger charge is -2.39. The SMILES string of the molecule is CCOC(=O)c1ccc(S(=O)(=O)N2CCC(C(=O)N3CCCC(N(C)C)C3)CC2)cc1. The average Bonchev–Trinajstić information content (AvgIpc) is 2.79. The van der Waals surface area contributed by atoms with E-state index in [2.05, 4.69) is 4.90 Å². The Hall–Kier alpha value is -1.97. The van der Waals surface area contributed by atoms with Gasteiger partial charge in [0, 0.05) is 38.1 Å². The van der Waals surface area contributed by atoms with E-state index < -0.39 is 16.0 Å². The Morgan fingerprint density at radius 3 is 2.29 bits per heavy atom. The molecule has 1 amide bonds. The molecule has 1 unspecified atom stereocenters. The maximum absolute atomic E-state index is 13.0. The van der Waals surface area contributed by atoms with E-state index in [9.17, 15) is 18.0 Å². The van der Waals surface area contributed by atoms with Crippen molar-refractivity contribution in [3.05, 3.63) is 29.8 Å². The van der Waals surface area contributed by atoms with Crippen LogP contribution in [0.2, 0.25) is 0 Å². The Morgan fingerprint density at radius 1 is 1.06 bits per heavy atom. The van der Waals surface area contributed by atoms with Gasteiger partial charge in [-0.3, -0.25) is 4.79 Å². The molecule has 0 N–H and O–H groups in total. The maximum atomic E-state index is 13.0. The summed E-state index contributed by atoms with van der Waals surface area (Å²) in [4.78, 5) is 29.0. The summed E-state index contributed by atoms with van der Waals surface area (Å²) in [6, 6.07) is 6.20. The predicted molar refractivity (Wildman–Crippen MR) is 117 cm³/mol. The van der Waals surface area contributed by atoms with E-state index in [0.717, 1.165) is 25.9 Å². The number of hydrogen-bond acceptors (Lipinski definition) is 6. The molecule has 172 valence electrons. The van der Waals surface area contributed by atoms with Crippen molar-refractivity contribution >= 4 is 21.9 Å². The van der Waals surface area contributed by atoms with Gasteiger partial charge in [0.25, 0.3) is 0 Å². The van der Waals surface area contributed by atoms with Crippen molar-refractivity contribution < 1.29 is 22.7 Å². The van der Waals surface area contributed by atoms with Gasteiger partial charge in [0.2, 0.25) is 15.9 Å². The molecule has 2 fully saturated rings. The first-order valence-corrected chi connectivity index (χ1v) is 12.4. The van der Waals surface area contributed by atoms with Crippen LogP contribution in [-0.4, -0.2) is 87.3 Å². The minimum atomic E-state index is -3.66. The smallest absolute Gasteiger partial charge is 0.338 e. The first kappa shape index (κ1) is 23.7. The summed E-state index contributed by atoms with van der Waals surface area (Å²) in [5.41, 5.74) is 0.322. The van der Waals surface area contributed by atoms with Gasteiger partial charge in [-0.05, 0) is 71.0 Å². The molecular formula is C22H33N3O5S. The van der Waals surface area contributed by atoms with Crippen molar-refractivity contribution in [1.82, 2.24) is 14.1 Å². The molecule has 0 spiro atoms. The number of piperidine rings is 2. The van der Waals surface area contributed by atoms with Crippen LogP contribution in [0.4, 0.5) is 0 Å². The van der Waals surface area contributed by atoms with E-state index in [1.807, 2.05) is 19.0 Å². The Labute approximate surface area is 185 Å². The van der Waals surface area contributed by atoms with Crippen LogP contribution in [0.5, 0.6) is 0 Å². The third-order valence-corrected chi connectivity index (χ3v) is 8.16. The molecule has 1 aromatic carbocycles. The van der Waals surface area contributed by atoms with Crippen LogP contribution in [0.1, 0.15) is 43.0 Å².